The lowest BCUT2D eigenvalue weighted by Gasteiger charge is -2.13. The lowest BCUT2D eigenvalue weighted by atomic mass is 10.2. The molecule has 0 unspecified atom stereocenters. The molecule has 3 aromatic rings. The van der Waals surface area contributed by atoms with Crippen LogP contribution in [0.15, 0.2) is 48.5 Å². The Morgan fingerprint density at radius 3 is 2.46 bits per heavy atom. The smallest absolute Gasteiger partial charge is 0.161 e. The van der Waals surface area contributed by atoms with Gasteiger partial charge in [0.15, 0.2) is 11.5 Å². The molecule has 0 bridgehead atoms. The van der Waals surface area contributed by atoms with E-state index in [0.29, 0.717) is 12.5 Å². The van der Waals surface area contributed by atoms with Gasteiger partial charge < -0.3 is 14.0 Å². The van der Waals surface area contributed by atoms with Gasteiger partial charge in [0, 0.05) is 12.5 Å². The van der Waals surface area contributed by atoms with Crippen LogP contribution in [0.2, 0.25) is 0 Å². The summed E-state index contributed by atoms with van der Waals surface area (Å²) >= 11 is 0. The Balaban J connectivity index is 1.68. The number of aromatic nitrogens is 2. The van der Waals surface area contributed by atoms with Gasteiger partial charge in [0.25, 0.3) is 0 Å². The van der Waals surface area contributed by atoms with Gasteiger partial charge in [-0.15, -0.1) is 0 Å². The van der Waals surface area contributed by atoms with Crippen LogP contribution < -0.4 is 9.47 Å². The van der Waals surface area contributed by atoms with Gasteiger partial charge in [-0.3, -0.25) is 0 Å². The molecule has 0 amide bonds. The van der Waals surface area contributed by atoms with Gasteiger partial charge in [-0.2, -0.15) is 0 Å². The van der Waals surface area contributed by atoms with Crippen molar-refractivity contribution >= 4 is 11.0 Å². The van der Waals surface area contributed by atoms with Crippen LogP contribution in [0.4, 0.5) is 0 Å². The molecule has 1 aromatic heterocycles. The Morgan fingerprint density at radius 2 is 1.71 bits per heavy atom. The minimum Gasteiger partial charge on any atom is -0.493 e. The molecule has 126 valence electrons. The maximum atomic E-state index is 5.88. The minimum absolute atomic E-state index is 0.396. The molecule has 2 aromatic carbocycles. The van der Waals surface area contributed by atoms with E-state index >= 15 is 0 Å². The molecule has 0 fully saturated rings. The highest BCUT2D eigenvalue weighted by atomic mass is 16.5. The van der Waals surface area contributed by atoms with Crippen molar-refractivity contribution in [1.82, 2.24) is 9.55 Å². The van der Waals surface area contributed by atoms with Crippen molar-refractivity contribution < 1.29 is 9.47 Å². The van der Waals surface area contributed by atoms with Crippen LogP contribution in [-0.2, 0) is 6.54 Å². The monoisotopic (exact) mass is 324 g/mol. The Labute approximate surface area is 143 Å². The zero-order valence-corrected chi connectivity index (χ0v) is 14.5. The van der Waals surface area contributed by atoms with Crippen molar-refractivity contribution in [2.24, 2.45) is 0 Å². The number of para-hydroxylation sites is 4. The molecule has 0 atom stereocenters. The molecule has 4 heteroatoms. The van der Waals surface area contributed by atoms with Crippen molar-refractivity contribution in [3.63, 3.8) is 0 Å². The third-order valence-electron chi connectivity index (χ3n) is 4.05. The van der Waals surface area contributed by atoms with Crippen molar-refractivity contribution in [3.05, 3.63) is 54.4 Å². The van der Waals surface area contributed by atoms with Gasteiger partial charge in [-0.05, 0) is 30.7 Å². The number of benzene rings is 2. The molecule has 0 saturated heterocycles. The molecule has 0 aliphatic heterocycles. The van der Waals surface area contributed by atoms with Crippen molar-refractivity contribution in [1.29, 1.82) is 0 Å². The molecular weight excluding hydrogens is 300 g/mol. The lowest BCUT2D eigenvalue weighted by molar-refractivity contribution is 0.282. The molecule has 0 N–H and O–H groups in total. The number of hydrogen-bond donors (Lipinski definition) is 0. The molecule has 0 spiro atoms. The van der Waals surface area contributed by atoms with Gasteiger partial charge in [-0.25, -0.2) is 4.98 Å². The van der Waals surface area contributed by atoms with Crippen LogP contribution >= 0.6 is 0 Å². The highest BCUT2D eigenvalue weighted by molar-refractivity contribution is 5.76. The normalized spacial score (nSPS) is 11.2. The SMILES string of the molecule is COc1ccccc1OCCCn1c(C(C)C)nc2ccccc21. The number of fused-ring (bicyclic) bond motifs is 1. The van der Waals surface area contributed by atoms with Crippen LogP contribution in [0.1, 0.15) is 32.0 Å². The van der Waals surface area contributed by atoms with E-state index in [1.807, 2.05) is 30.3 Å². The van der Waals surface area contributed by atoms with Gasteiger partial charge in [0.05, 0.1) is 24.8 Å². The summed E-state index contributed by atoms with van der Waals surface area (Å²) in [5, 5.41) is 0. The Kier molecular flexibility index (Phi) is 5.04. The molecule has 0 aliphatic carbocycles. The van der Waals surface area contributed by atoms with E-state index < -0.39 is 0 Å². The van der Waals surface area contributed by atoms with E-state index in [4.69, 9.17) is 14.5 Å². The van der Waals surface area contributed by atoms with Crippen LogP contribution in [0, 0.1) is 0 Å². The van der Waals surface area contributed by atoms with E-state index in [1.54, 1.807) is 7.11 Å². The van der Waals surface area contributed by atoms with Gasteiger partial charge in [-0.1, -0.05) is 38.1 Å². The molecule has 1 heterocycles. The fourth-order valence-corrected chi connectivity index (χ4v) is 2.91. The largest absolute Gasteiger partial charge is 0.493 e. The average molecular weight is 324 g/mol. The summed E-state index contributed by atoms with van der Waals surface area (Å²) in [6, 6.07) is 16.1. The summed E-state index contributed by atoms with van der Waals surface area (Å²) < 4.78 is 13.5. The predicted octanol–water partition coefficient (Wildman–Crippen LogP) is 4.64. The van der Waals surface area contributed by atoms with Crippen molar-refractivity contribution in [2.45, 2.75) is 32.7 Å². The van der Waals surface area contributed by atoms with E-state index in [2.05, 4.69) is 36.6 Å². The van der Waals surface area contributed by atoms with Crippen LogP contribution in [0.5, 0.6) is 11.5 Å². The average Bonchev–Trinajstić information content (AvgIpc) is 2.98. The predicted molar refractivity (Wildman–Crippen MR) is 96.9 cm³/mol. The molecule has 0 radical (unpaired) electrons. The van der Waals surface area contributed by atoms with Crippen molar-refractivity contribution in [2.75, 3.05) is 13.7 Å². The van der Waals surface area contributed by atoms with E-state index in [9.17, 15) is 0 Å². The lowest BCUT2D eigenvalue weighted by Crippen LogP contribution is -2.09. The summed E-state index contributed by atoms with van der Waals surface area (Å²) in [4.78, 5) is 4.78. The van der Waals surface area contributed by atoms with Crippen molar-refractivity contribution in [3.8, 4) is 11.5 Å². The Hall–Kier alpha value is -2.49. The fraction of sp³-hybridized carbons (Fsp3) is 0.350. The Morgan fingerprint density at radius 1 is 1.00 bits per heavy atom. The highest BCUT2D eigenvalue weighted by Gasteiger charge is 2.13. The number of imidazole rings is 1. The highest BCUT2D eigenvalue weighted by Crippen LogP contribution is 2.26. The molecular formula is C20H24N2O2. The van der Waals surface area contributed by atoms with Crippen LogP contribution in [-0.4, -0.2) is 23.3 Å². The molecule has 0 aliphatic rings. The number of hydrogen-bond acceptors (Lipinski definition) is 3. The third kappa shape index (κ3) is 3.37. The first-order valence-corrected chi connectivity index (χ1v) is 8.41. The van der Waals surface area contributed by atoms with E-state index in [1.165, 1.54) is 5.52 Å². The molecule has 3 rings (SSSR count). The third-order valence-corrected chi connectivity index (χ3v) is 4.05. The second kappa shape index (κ2) is 7.39. The molecule has 4 nitrogen and oxygen atoms in total. The molecule has 24 heavy (non-hydrogen) atoms. The van der Waals surface area contributed by atoms with Gasteiger partial charge >= 0.3 is 0 Å². The van der Waals surface area contributed by atoms with Gasteiger partial charge in [0.2, 0.25) is 0 Å². The minimum atomic E-state index is 0.396. The summed E-state index contributed by atoms with van der Waals surface area (Å²) in [5.74, 6) is 3.09. The zero-order chi connectivity index (χ0) is 16.9. The first-order valence-electron chi connectivity index (χ1n) is 8.41. The summed E-state index contributed by atoms with van der Waals surface area (Å²) in [7, 11) is 1.66. The standard InChI is InChI=1S/C20H24N2O2/c1-15(2)20-21-16-9-4-5-10-17(16)22(20)13-8-14-24-19-12-7-6-11-18(19)23-3/h4-7,9-12,15H,8,13-14H2,1-3H3. The first-order chi connectivity index (χ1) is 11.7. The summed E-state index contributed by atoms with van der Waals surface area (Å²) in [6.07, 6.45) is 0.915. The quantitative estimate of drug-likeness (QED) is 0.594. The Bertz CT molecular complexity index is 808. The summed E-state index contributed by atoms with van der Waals surface area (Å²) in [6.45, 7) is 5.90. The van der Waals surface area contributed by atoms with E-state index in [0.717, 1.165) is 35.8 Å². The number of nitrogens with zero attached hydrogens (tertiary/aromatic N) is 2. The summed E-state index contributed by atoms with van der Waals surface area (Å²) in [5.41, 5.74) is 2.25. The van der Waals surface area contributed by atoms with Crippen LogP contribution in [0.25, 0.3) is 11.0 Å². The van der Waals surface area contributed by atoms with Crippen LogP contribution in [0.3, 0.4) is 0 Å². The maximum Gasteiger partial charge on any atom is 0.161 e. The number of aryl methyl sites for hydroxylation is 1. The first kappa shape index (κ1) is 16.4. The number of rotatable bonds is 7. The number of methoxy groups -OCH3 is 1. The van der Waals surface area contributed by atoms with E-state index in [-0.39, 0.29) is 0 Å². The zero-order valence-electron chi connectivity index (χ0n) is 14.5. The number of ether oxygens (including phenoxy) is 2. The second-order valence-electron chi connectivity index (χ2n) is 6.12. The second-order valence-corrected chi connectivity index (χ2v) is 6.12. The molecule has 0 saturated carbocycles. The fourth-order valence-electron chi connectivity index (χ4n) is 2.91. The maximum absolute atomic E-state index is 5.88. The topological polar surface area (TPSA) is 36.3 Å². The van der Waals surface area contributed by atoms with Gasteiger partial charge in [0.1, 0.15) is 5.82 Å².